The Morgan fingerprint density at radius 3 is 2.12 bits per heavy atom. The molecular weight excluding hydrogens is 490 g/mol. The molecule has 3 heterocycles. The first-order valence-corrected chi connectivity index (χ1v) is 13.4. The van der Waals surface area contributed by atoms with Gasteiger partial charge in [-0.25, -0.2) is 0 Å². The second-order valence-corrected chi connectivity index (χ2v) is 10.2. The molecule has 0 aliphatic heterocycles. The lowest BCUT2D eigenvalue weighted by molar-refractivity contribution is 0.670. The zero-order chi connectivity index (χ0) is 26.2. The van der Waals surface area contributed by atoms with Gasteiger partial charge < -0.3 is 8.98 Å². The average molecular weight is 512 g/mol. The number of hydrogen-bond donors (Lipinski definition) is 0. The van der Waals surface area contributed by atoms with E-state index < -0.39 is 0 Å². The molecule has 4 nitrogen and oxygen atoms in total. The monoisotopic (exact) mass is 511 g/mol. The Morgan fingerprint density at radius 1 is 0.500 bits per heavy atom. The minimum absolute atomic E-state index is 0.847. The van der Waals surface area contributed by atoms with Gasteiger partial charge in [-0.15, -0.1) is 0 Å². The maximum atomic E-state index is 6.39. The van der Waals surface area contributed by atoms with Crippen molar-refractivity contribution in [2.45, 2.75) is 0 Å². The maximum Gasteiger partial charge on any atom is 0.143 e. The summed E-state index contributed by atoms with van der Waals surface area (Å²) in [6, 6.07) is 40.6. The topological polar surface area (TPSA) is 43.9 Å². The van der Waals surface area contributed by atoms with Crippen molar-refractivity contribution >= 4 is 65.6 Å². The summed E-state index contributed by atoms with van der Waals surface area (Å²) in [5.41, 5.74) is 8.77. The summed E-state index contributed by atoms with van der Waals surface area (Å²) in [6.45, 7) is 0. The minimum atomic E-state index is 0.847. The Balaban J connectivity index is 1.37. The lowest BCUT2D eigenvalue weighted by atomic mass is 10.00. The highest BCUT2D eigenvalue weighted by Gasteiger charge is 2.19. The highest BCUT2D eigenvalue weighted by atomic mass is 16.3. The molecule has 0 radical (unpaired) electrons. The number of rotatable bonds is 2. The Bertz CT molecular complexity index is 2450. The van der Waals surface area contributed by atoms with Crippen LogP contribution in [0.3, 0.4) is 0 Å². The van der Waals surface area contributed by atoms with Crippen molar-refractivity contribution in [3.63, 3.8) is 0 Å². The van der Waals surface area contributed by atoms with E-state index in [0.29, 0.717) is 0 Å². The van der Waals surface area contributed by atoms with Gasteiger partial charge in [-0.05, 0) is 47.2 Å². The van der Waals surface area contributed by atoms with E-state index in [0.717, 1.165) is 60.8 Å². The van der Waals surface area contributed by atoms with E-state index in [4.69, 9.17) is 14.4 Å². The van der Waals surface area contributed by atoms with Crippen LogP contribution in [0.2, 0.25) is 0 Å². The van der Waals surface area contributed by atoms with Crippen LogP contribution in [0, 0.1) is 0 Å². The number of fused-ring (bicyclic) bond motifs is 8. The number of aromatic nitrogens is 3. The van der Waals surface area contributed by atoms with E-state index in [2.05, 4.69) is 108 Å². The summed E-state index contributed by atoms with van der Waals surface area (Å²) in [5.74, 6) is 0. The van der Waals surface area contributed by atoms with Crippen LogP contribution in [0.15, 0.2) is 132 Å². The molecule has 0 unspecified atom stereocenters. The van der Waals surface area contributed by atoms with Crippen LogP contribution in [0.1, 0.15) is 0 Å². The van der Waals surface area contributed by atoms with E-state index in [1.54, 1.807) is 12.4 Å². The molecule has 9 rings (SSSR count). The molecule has 0 fully saturated rings. The van der Waals surface area contributed by atoms with E-state index in [1.165, 1.54) is 21.5 Å². The van der Waals surface area contributed by atoms with Crippen LogP contribution >= 0.6 is 0 Å². The lowest BCUT2D eigenvalue weighted by Crippen LogP contribution is -1.99. The van der Waals surface area contributed by atoms with Crippen LogP contribution in [0.5, 0.6) is 0 Å². The summed E-state index contributed by atoms with van der Waals surface area (Å²) in [5, 5.41) is 7.10. The minimum Gasteiger partial charge on any atom is -0.455 e. The van der Waals surface area contributed by atoms with Crippen LogP contribution in [-0.2, 0) is 0 Å². The smallest absolute Gasteiger partial charge is 0.143 e. The second-order valence-electron chi connectivity index (χ2n) is 10.2. The van der Waals surface area contributed by atoms with Crippen molar-refractivity contribution in [2.75, 3.05) is 0 Å². The van der Waals surface area contributed by atoms with Crippen molar-refractivity contribution in [1.82, 2.24) is 14.5 Å². The number of hydrogen-bond acceptors (Lipinski definition) is 3. The molecular formula is C36H21N3O. The van der Waals surface area contributed by atoms with Crippen molar-refractivity contribution in [1.29, 1.82) is 0 Å². The van der Waals surface area contributed by atoms with Gasteiger partial charge in [-0.3, -0.25) is 9.97 Å². The molecule has 6 aromatic carbocycles. The molecule has 40 heavy (non-hydrogen) atoms. The molecule has 0 bridgehead atoms. The Labute approximate surface area is 228 Å². The van der Waals surface area contributed by atoms with Crippen LogP contribution in [0.25, 0.3) is 82.4 Å². The fourth-order valence-electron chi connectivity index (χ4n) is 6.31. The molecule has 0 spiro atoms. The lowest BCUT2D eigenvalue weighted by Gasteiger charge is -2.13. The van der Waals surface area contributed by atoms with Gasteiger partial charge >= 0.3 is 0 Å². The summed E-state index contributed by atoms with van der Waals surface area (Å²) >= 11 is 0. The second kappa shape index (κ2) is 8.01. The largest absolute Gasteiger partial charge is 0.455 e. The van der Waals surface area contributed by atoms with Crippen molar-refractivity contribution in [3.8, 4) is 16.8 Å². The summed E-state index contributed by atoms with van der Waals surface area (Å²) in [6.07, 6.45) is 3.55. The molecule has 186 valence electrons. The fraction of sp³-hybridized carbons (Fsp3) is 0. The molecule has 3 aromatic heterocycles. The number of nitrogens with zero attached hydrogens (tertiary/aromatic N) is 3. The highest BCUT2D eigenvalue weighted by Crippen LogP contribution is 2.41. The van der Waals surface area contributed by atoms with Crippen molar-refractivity contribution in [2.24, 2.45) is 0 Å². The molecule has 0 aliphatic rings. The molecule has 0 aliphatic carbocycles. The first-order chi connectivity index (χ1) is 19.8. The predicted molar refractivity (Wildman–Crippen MR) is 164 cm³/mol. The third-order valence-corrected chi connectivity index (χ3v) is 8.08. The zero-order valence-corrected chi connectivity index (χ0v) is 21.4. The molecule has 0 atom stereocenters. The first-order valence-electron chi connectivity index (χ1n) is 13.4. The van der Waals surface area contributed by atoms with Gasteiger partial charge in [0.25, 0.3) is 0 Å². The van der Waals surface area contributed by atoms with Gasteiger partial charge in [-0.1, -0.05) is 78.9 Å². The molecule has 9 aromatic rings. The van der Waals surface area contributed by atoms with Gasteiger partial charge in [0.15, 0.2) is 0 Å². The van der Waals surface area contributed by atoms with Crippen LogP contribution < -0.4 is 0 Å². The Hall–Kier alpha value is -5.48. The summed E-state index contributed by atoms with van der Waals surface area (Å²) < 4.78 is 8.73. The Kier molecular flexibility index (Phi) is 4.30. The summed E-state index contributed by atoms with van der Waals surface area (Å²) in [4.78, 5) is 9.79. The highest BCUT2D eigenvalue weighted by molar-refractivity contribution is 6.15. The molecule has 0 N–H and O–H groups in total. The molecule has 0 saturated carbocycles. The number of para-hydroxylation sites is 3. The van der Waals surface area contributed by atoms with Crippen LogP contribution in [0.4, 0.5) is 0 Å². The van der Waals surface area contributed by atoms with E-state index in [9.17, 15) is 0 Å². The van der Waals surface area contributed by atoms with Gasteiger partial charge in [0.1, 0.15) is 16.7 Å². The maximum absolute atomic E-state index is 6.39. The summed E-state index contributed by atoms with van der Waals surface area (Å²) in [7, 11) is 0. The predicted octanol–water partition coefficient (Wildman–Crippen LogP) is 9.45. The van der Waals surface area contributed by atoms with Gasteiger partial charge in [-0.2, -0.15) is 0 Å². The van der Waals surface area contributed by atoms with Gasteiger partial charge in [0.2, 0.25) is 0 Å². The van der Waals surface area contributed by atoms with Gasteiger partial charge in [0.05, 0.1) is 22.2 Å². The normalized spacial score (nSPS) is 12.0. The van der Waals surface area contributed by atoms with Crippen molar-refractivity contribution < 1.29 is 4.42 Å². The SMILES string of the molecule is c1ccc2cc3c(cc2c1)c1ccccc1n3-c1ccc(-c2cccc3c2oc2ccccc23)c2nccnc12. The first kappa shape index (κ1) is 21.5. The number of furan rings is 1. The zero-order valence-electron chi connectivity index (χ0n) is 21.4. The molecule has 0 amide bonds. The quantitative estimate of drug-likeness (QED) is 0.232. The number of benzene rings is 6. The fourth-order valence-corrected chi connectivity index (χ4v) is 6.31. The molecule has 4 heteroatoms. The average Bonchev–Trinajstić information content (AvgIpc) is 3.55. The van der Waals surface area contributed by atoms with Crippen LogP contribution in [-0.4, -0.2) is 14.5 Å². The van der Waals surface area contributed by atoms with E-state index in [1.807, 2.05) is 12.1 Å². The standard InChI is InChI=1S/C36H21N3O/c1-2-9-23-21-32-29(20-22(23)8-1)24-10-3-5-14-30(24)39(32)31-17-16-26(34-35(31)38-19-18-37-34)28-13-7-12-27-25-11-4-6-15-33(25)40-36(27)28/h1-21H. The third-order valence-electron chi connectivity index (χ3n) is 8.08. The third kappa shape index (κ3) is 2.90. The molecule has 0 saturated heterocycles. The van der Waals surface area contributed by atoms with Crippen molar-refractivity contribution in [3.05, 3.63) is 128 Å². The van der Waals surface area contributed by atoms with Gasteiger partial charge in [0, 0.05) is 45.1 Å². The Morgan fingerprint density at radius 2 is 1.23 bits per heavy atom. The van der Waals surface area contributed by atoms with E-state index in [-0.39, 0.29) is 0 Å². The van der Waals surface area contributed by atoms with E-state index >= 15 is 0 Å².